The van der Waals surface area contributed by atoms with Gasteiger partial charge in [0.05, 0.1) is 18.3 Å². The summed E-state index contributed by atoms with van der Waals surface area (Å²) in [7, 11) is 1.74. The summed E-state index contributed by atoms with van der Waals surface area (Å²) >= 11 is 5.23. The van der Waals surface area contributed by atoms with E-state index in [1.54, 1.807) is 18.4 Å². The molecule has 18 heavy (non-hydrogen) atoms. The van der Waals surface area contributed by atoms with E-state index in [9.17, 15) is 0 Å². The fourth-order valence-corrected chi connectivity index (χ4v) is 3.43. The van der Waals surface area contributed by atoms with Crippen molar-refractivity contribution in [3.05, 3.63) is 17.3 Å². The summed E-state index contributed by atoms with van der Waals surface area (Å²) in [6.07, 6.45) is 2.07. The van der Waals surface area contributed by atoms with Gasteiger partial charge in [0, 0.05) is 30.6 Å². The third-order valence-corrected chi connectivity index (χ3v) is 4.31. The van der Waals surface area contributed by atoms with Gasteiger partial charge in [-0.15, -0.1) is 11.3 Å². The highest BCUT2D eigenvalue weighted by Gasteiger charge is 2.21. The molecule has 0 radical (unpaired) electrons. The van der Waals surface area contributed by atoms with E-state index in [0.717, 1.165) is 22.7 Å². The Labute approximate surface area is 120 Å². The minimum atomic E-state index is 0.322. The van der Waals surface area contributed by atoms with E-state index in [-0.39, 0.29) is 0 Å². The maximum atomic E-state index is 5.25. The van der Waals surface area contributed by atoms with Crippen LogP contribution in [-0.4, -0.2) is 35.7 Å². The molecule has 0 fully saturated rings. The molecule has 2 rings (SSSR count). The van der Waals surface area contributed by atoms with Crippen molar-refractivity contribution in [1.82, 2.24) is 9.38 Å². The lowest BCUT2D eigenvalue weighted by atomic mass is 10.3. The van der Waals surface area contributed by atoms with Crippen molar-refractivity contribution < 1.29 is 4.74 Å². The largest absolute Gasteiger partial charge is 0.383 e. The number of hydrogen-bond acceptors (Lipinski definition) is 4. The van der Waals surface area contributed by atoms with Crippen LogP contribution in [0.1, 0.15) is 19.5 Å². The molecule has 2 aromatic heterocycles. The van der Waals surface area contributed by atoms with Crippen LogP contribution in [0.15, 0.2) is 11.6 Å². The normalized spacial score (nSPS) is 13.1. The molecule has 0 aliphatic rings. The number of ether oxygens (including phenoxy) is 1. The molecule has 100 valence electrons. The molecular weight excluding hydrogens is 314 g/mol. The number of fused-ring (bicyclic) bond motifs is 1. The number of thiazole rings is 1. The summed E-state index contributed by atoms with van der Waals surface area (Å²) in [6, 6.07) is 0.322. The van der Waals surface area contributed by atoms with E-state index < -0.39 is 0 Å². The Morgan fingerprint density at radius 1 is 1.61 bits per heavy atom. The van der Waals surface area contributed by atoms with Gasteiger partial charge in [-0.3, -0.25) is 4.40 Å². The quantitative estimate of drug-likeness (QED) is 0.761. The maximum absolute atomic E-state index is 5.25. The minimum absolute atomic E-state index is 0.322. The van der Waals surface area contributed by atoms with Gasteiger partial charge in [0.25, 0.3) is 0 Å². The molecule has 0 saturated heterocycles. The molecule has 6 heteroatoms. The molecule has 0 bridgehead atoms. The Kier molecular flexibility index (Phi) is 4.64. The highest BCUT2D eigenvalue weighted by atomic mass is 79.9. The van der Waals surface area contributed by atoms with Crippen molar-refractivity contribution in [3.8, 4) is 0 Å². The second kappa shape index (κ2) is 6.04. The number of aromatic nitrogens is 2. The second-order valence-electron chi connectivity index (χ2n) is 4.16. The Balaban J connectivity index is 2.40. The van der Waals surface area contributed by atoms with Crippen LogP contribution < -0.4 is 4.90 Å². The third kappa shape index (κ3) is 2.41. The maximum Gasteiger partial charge on any atom is 0.195 e. The number of methoxy groups -OCH3 is 1. The summed E-state index contributed by atoms with van der Waals surface area (Å²) < 4.78 is 7.40. The molecule has 1 atom stereocenters. The van der Waals surface area contributed by atoms with E-state index in [1.165, 1.54) is 5.69 Å². The zero-order valence-corrected chi connectivity index (χ0v) is 13.3. The van der Waals surface area contributed by atoms with Crippen LogP contribution in [0.3, 0.4) is 0 Å². The van der Waals surface area contributed by atoms with E-state index in [1.807, 2.05) is 0 Å². The molecule has 2 heterocycles. The first-order valence-corrected chi connectivity index (χ1v) is 7.99. The van der Waals surface area contributed by atoms with Gasteiger partial charge >= 0.3 is 0 Å². The van der Waals surface area contributed by atoms with Crippen molar-refractivity contribution in [2.75, 3.05) is 25.2 Å². The van der Waals surface area contributed by atoms with E-state index in [0.29, 0.717) is 12.6 Å². The molecule has 1 unspecified atom stereocenters. The highest BCUT2D eigenvalue weighted by molar-refractivity contribution is 9.08. The third-order valence-electron chi connectivity index (χ3n) is 3.02. The summed E-state index contributed by atoms with van der Waals surface area (Å²) in [5, 5.41) is 2.86. The van der Waals surface area contributed by atoms with Crippen LogP contribution in [0.5, 0.6) is 0 Å². The minimum Gasteiger partial charge on any atom is -0.383 e. The average Bonchev–Trinajstić information content (AvgIpc) is 2.90. The van der Waals surface area contributed by atoms with Gasteiger partial charge in [0.1, 0.15) is 0 Å². The molecule has 0 aliphatic carbocycles. The predicted molar refractivity (Wildman–Crippen MR) is 80.1 cm³/mol. The van der Waals surface area contributed by atoms with Crippen molar-refractivity contribution >= 4 is 38.0 Å². The molecule has 0 amide bonds. The number of alkyl halides is 1. The van der Waals surface area contributed by atoms with Crippen molar-refractivity contribution in [3.63, 3.8) is 0 Å². The number of imidazole rings is 1. The number of rotatable bonds is 6. The smallest absolute Gasteiger partial charge is 0.195 e. The lowest BCUT2D eigenvalue weighted by Crippen LogP contribution is -2.37. The summed E-state index contributed by atoms with van der Waals surface area (Å²) in [5.74, 6) is 1.06. The topological polar surface area (TPSA) is 29.8 Å². The van der Waals surface area contributed by atoms with Crippen molar-refractivity contribution in [1.29, 1.82) is 0 Å². The zero-order valence-electron chi connectivity index (χ0n) is 10.9. The van der Waals surface area contributed by atoms with Gasteiger partial charge < -0.3 is 9.64 Å². The fourth-order valence-electron chi connectivity index (χ4n) is 2.18. The Morgan fingerprint density at radius 3 is 3.00 bits per heavy atom. The lowest BCUT2D eigenvalue weighted by molar-refractivity contribution is 0.181. The van der Waals surface area contributed by atoms with Crippen LogP contribution in [-0.2, 0) is 10.1 Å². The van der Waals surface area contributed by atoms with Crippen LogP contribution in [0.25, 0.3) is 4.96 Å². The standard InChI is InChI=1S/C12H18BrN3OS/c1-4-15(9(2)8-17-3)11-10(7-13)16-5-6-18-12(16)14-11/h5-6,9H,4,7-8H2,1-3H3. The molecule has 0 aromatic carbocycles. The number of likely N-dealkylation sites (N-methyl/N-ethyl adjacent to an activating group) is 1. The number of halogens is 1. The predicted octanol–water partition coefficient (Wildman–Crippen LogP) is 3.15. The first-order chi connectivity index (χ1) is 8.72. The van der Waals surface area contributed by atoms with Crippen LogP contribution in [0.4, 0.5) is 5.82 Å². The molecule has 0 saturated carbocycles. The monoisotopic (exact) mass is 331 g/mol. The number of nitrogens with zero attached hydrogens (tertiary/aromatic N) is 3. The summed E-state index contributed by atoms with van der Waals surface area (Å²) in [6.45, 7) is 5.95. The summed E-state index contributed by atoms with van der Waals surface area (Å²) in [5.41, 5.74) is 1.20. The molecule has 0 N–H and O–H groups in total. The van der Waals surface area contributed by atoms with Gasteiger partial charge in [-0.05, 0) is 13.8 Å². The zero-order chi connectivity index (χ0) is 13.1. The highest BCUT2D eigenvalue weighted by Crippen LogP contribution is 2.27. The average molecular weight is 332 g/mol. The van der Waals surface area contributed by atoms with Crippen LogP contribution in [0, 0.1) is 0 Å². The van der Waals surface area contributed by atoms with Gasteiger partial charge in [-0.25, -0.2) is 4.98 Å². The Morgan fingerprint density at radius 2 is 2.39 bits per heavy atom. The van der Waals surface area contributed by atoms with Gasteiger partial charge in [-0.2, -0.15) is 0 Å². The number of anilines is 1. The van der Waals surface area contributed by atoms with Gasteiger partial charge in [0.15, 0.2) is 10.8 Å². The molecule has 0 spiro atoms. The van der Waals surface area contributed by atoms with Crippen molar-refractivity contribution in [2.45, 2.75) is 25.2 Å². The van der Waals surface area contributed by atoms with Gasteiger partial charge in [-0.1, -0.05) is 15.9 Å². The fraction of sp³-hybridized carbons (Fsp3) is 0.583. The summed E-state index contributed by atoms with van der Waals surface area (Å²) in [4.78, 5) is 8.08. The molecular formula is C12H18BrN3OS. The lowest BCUT2D eigenvalue weighted by Gasteiger charge is -2.28. The first-order valence-electron chi connectivity index (χ1n) is 5.98. The van der Waals surface area contributed by atoms with E-state index in [2.05, 4.69) is 50.7 Å². The Hall–Kier alpha value is -0.590. The molecule has 4 nitrogen and oxygen atoms in total. The van der Waals surface area contributed by atoms with Gasteiger partial charge in [0.2, 0.25) is 0 Å². The van der Waals surface area contributed by atoms with E-state index in [4.69, 9.17) is 9.72 Å². The number of hydrogen-bond donors (Lipinski definition) is 0. The molecule has 2 aromatic rings. The Bertz CT molecular complexity index is 510. The first kappa shape index (κ1) is 13.8. The molecule has 0 aliphatic heterocycles. The van der Waals surface area contributed by atoms with Crippen molar-refractivity contribution in [2.24, 2.45) is 0 Å². The van der Waals surface area contributed by atoms with Crippen LogP contribution in [0.2, 0.25) is 0 Å². The van der Waals surface area contributed by atoms with Crippen LogP contribution >= 0.6 is 27.3 Å². The SMILES string of the molecule is CCN(c1nc2sccn2c1CBr)C(C)COC. The second-order valence-corrected chi connectivity index (χ2v) is 5.60. The van der Waals surface area contributed by atoms with E-state index >= 15 is 0 Å².